The maximum Gasteiger partial charge on any atom is 0.256 e. The highest BCUT2D eigenvalue weighted by Gasteiger charge is 2.37. The van der Waals surface area contributed by atoms with E-state index in [9.17, 15) is 13.2 Å². The van der Waals surface area contributed by atoms with Crippen molar-refractivity contribution in [3.8, 4) is 17.1 Å². The lowest BCUT2D eigenvalue weighted by Gasteiger charge is -2.16. The smallest absolute Gasteiger partial charge is 0.256 e. The van der Waals surface area contributed by atoms with Crippen molar-refractivity contribution in [3.05, 3.63) is 36.9 Å². The maximum atomic E-state index is 12.4. The minimum Gasteiger partial charge on any atom is -0.489 e. The van der Waals surface area contributed by atoms with Gasteiger partial charge in [-0.15, -0.1) is 0 Å². The molecule has 2 fully saturated rings. The number of carbonyl (C=O) groups excluding carboxylic acids is 1. The topological polar surface area (TPSA) is 141 Å². The SMILES string of the molecule is CC(C)Oc1cc(Nc2ccnc(-c3cnn(S(=O)(=O)C4CC4)c3)n2)ncc1NC(=O)C1CC1. The van der Waals surface area contributed by atoms with Gasteiger partial charge in [-0.2, -0.15) is 9.19 Å². The summed E-state index contributed by atoms with van der Waals surface area (Å²) in [5, 5.41) is 9.63. The second-order valence-corrected chi connectivity index (χ2v) is 10.8. The van der Waals surface area contributed by atoms with Crippen molar-refractivity contribution in [1.82, 2.24) is 24.1 Å². The molecule has 178 valence electrons. The van der Waals surface area contributed by atoms with Crippen LogP contribution in [0.4, 0.5) is 17.3 Å². The van der Waals surface area contributed by atoms with Gasteiger partial charge in [-0.1, -0.05) is 0 Å². The second kappa shape index (κ2) is 8.67. The normalized spacial score (nSPS) is 15.9. The summed E-state index contributed by atoms with van der Waals surface area (Å²) in [6.07, 6.45) is 9.00. The number of hydrogen-bond acceptors (Lipinski definition) is 9. The van der Waals surface area contributed by atoms with Crippen molar-refractivity contribution in [2.45, 2.75) is 50.9 Å². The van der Waals surface area contributed by atoms with Crippen molar-refractivity contribution >= 4 is 33.3 Å². The summed E-state index contributed by atoms with van der Waals surface area (Å²) in [7, 11) is -3.46. The van der Waals surface area contributed by atoms with Gasteiger partial charge in [-0.25, -0.2) is 23.4 Å². The molecule has 0 spiro atoms. The summed E-state index contributed by atoms with van der Waals surface area (Å²) in [5.41, 5.74) is 1.01. The van der Waals surface area contributed by atoms with Crippen LogP contribution in [0.1, 0.15) is 39.5 Å². The lowest BCUT2D eigenvalue weighted by atomic mass is 10.3. The first-order chi connectivity index (χ1) is 16.3. The minimum absolute atomic E-state index is 0.0270. The van der Waals surface area contributed by atoms with Crippen LogP contribution in [0.3, 0.4) is 0 Å². The second-order valence-electron chi connectivity index (χ2n) is 8.73. The zero-order valence-corrected chi connectivity index (χ0v) is 19.6. The molecular weight excluding hydrogens is 458 g/mol. The molecule has 0 aliphatic heterocycles. The van der Waals surface area contributed by atoms with Gasteiger partial charge >= 0.3 is 0 Å². The van der Waals surface area contributed by atoms with Crippen LogP contribution in [-0.4, -0.2) is 49.8 Å². The van der Waals surface area contributed by atoms with Gasteiger partial charge in [0.1, 0.15) is 23.1 Å². The van der Waals surface area contributed by atoms with Gasteiger partial charge in [-0.05, 0) is 45.6 Å². The van der Waals surface area contributed by atoms with Crippen molar-refractivity contribution in [2.75, 3.05) is 10.6 Å². The summed E-state index contributed by atoms with van der Waals surface area (Å²) in [6, 6.07) is 3.37. The van der Waals surface area contributed by atoms with Crippen LogP contribution < -0.4 is 15.4 Å². The highest BCUT2D eigenvalue weighted by atomic mass is 32.2. The molecule has 12 heteroatoms. The molecule has 0 atom stereocenters. The summed E-state index contributed by atoms with van der Waals surface area (Å²) in [6.45, 7) is 3.81. The predicted octanol–water partition coefficient (Wildman–Crippen LogP) is 2.95. The minimum atomic E-state index is -3.46. The number of amides is 1. The van der Waals surface area contributed by atoms with Crippen molar-refractivity contribution in [2.24, 2.45) is 5.92 Å². The van der Waals surface area contributed by atoms with Crippen LogP contribution in [0.15, 0.2) is 36.9 Å². The van der Waals surface area contributed by atoms with Crippen molar-refractivity contribution in [3.63, 3.8) is 0 Å². The first-order valence-corrected chi connectivity index (χ1v) is 12.7. The number of hydrogen-bond donors (Lipinski definition) is 2. The number of pyridine rings is 1. The van der Waals surface area contributed by atoms with E-state index in [4.69, 9.17) is 4.74 Å². The van der Waals surface area contributed by atoms with E-state index >= 15 is 0 Å². The van der Waals surface area contributed by atoms with Gasteiger partial charge in [0.2, 0.25) is 5.91 Å². The summed E-state index contributed by atoms with van der Waals surface area (Å²) in [5.74, 6) is 1.79. The molecule has 3 aromatic rings. The number of rotatable bonds is 9. The van der Waals surface area contributed by atoms with E-state index in [1.807, 2.05) is 13.8 Å². The molecule has 0 aromatic carbocycles. The Morgan fingerprint density at radius 3 is 2.65 bits per heavy atom. The van der Waals surface area contributed by atoms with Gasteiger partial charge in [0.15, 0.2) is 5.82 Å². The molecule has 0 unspecified atom stereocenters. The van der Waals surface area contributed by atoms with Crippen LogP contribution in [0.5, 0.6) is 5.75 Å². The van der Waals surface area contributed by atoms with E-state index in [2.05, 4.69) is 30.7 Å². The molecule has 2 N–H and O–H groups in total. The molecule has 1 amide bonds. The number of ether oxygens (including phenoxy) is 1. The van der Waals surface area contributed by atoms with Crippen LogP contribution in [0.2, 0.25) is 0 Å². The van der Waals surface area contributed by atoms with Gasteiger partial charge in [0, 0.05) is 18.2 Å². The highest BCUT2D eigenvalue weighted by molar-refractivity contribution is 7.90. The van der Waals surface area contributed by atoms with Gasteiger partial charge < -0.3 is 15.4 Å². The Labute approximate surface area is 197 Å². The molecule has 0 saturated heterocycles. The summed E-state index contributed by atoms with van der Waals surface area (Å²) < 4.78 is 31.7. The number of carbonyl (C=O) groups is 1. The molecule has 3 heterocycles. The van der Waals surface area contributed by atoms with Crippen LogP contribution >= 0.6 is 0 Å². The molecule has 2 saturated carbocycles. The highest BCUT2D eigenvalue weighted by Crippen LogP contribution is 2.34. The number of nitrogens with zero attached hydrogens (tertiary/aromatic N) is 5. The Morgan fingerprint density at radius 1 is 1.15 bits per heavy atom. The average Bonchev–Trinajstić information content (AvgIpc) is 3.72. The molecule has 5 rings (SSSR count). The van der Waals surface area contributed by atoms with Crippen LogP contribution in [0, 0.1) is 5.92 Å². The summed E-state index contributed by atoms with van der Waals surface area (Å²) in [4.78, 5) is 25.3. The lowest BCUT2D eigenvalue weighted by molar-refractivity contribution is -0.117. The number of nitrogens with one attached hydrogen (secondary N) is 2. The Balaban J connectivity index is 1.35. The fraction of sp³-hybridized carbons (Fsp3) is 0.409. The van der Waals surface area contributed by atoms with E-state index in [0.717, 1.165) is 16.9 Å². The fourth-order valence-corrected chi connectivity index (χ4v) is 4.78. The van der Waals surface area contributed by atoms with E-state index < -0.39 is 10.0 Å². The third kappa shape index (κ3) is 4.86. The van der Waals surface area contributed by atoms with Gasteiger partial charge in [0.25, 0.3) is 10.0 Å². The molecule has 0 radical (unpaired) electrons. The predicted molar refractivity (Wildman–Crippen MR) is 125 cm³/mol. The quantitative estimate of drug-likeness (QED) is 0.470. The molecule has 34 heavy (non-hydrogen) atoms. The molecular formula is C22H25N7O4S. The monoisotopic (exact) mass is 483 g/mol. The average molecular weight is 484 g/mol. The Kier molecular flexibility index (Phi) is 5.68. The zero-order valence-electron chi connectivity index (χ0n) is 18.8. The third-order valence-electron chi connectivity index (χ3n) is 5.37. The zero-order chi connectivity index (χ0) is 23.9. The first kappa shape index (κ1) is 22.3. The summed E-state index contributed by atoms with van der Waals surface area (Å²) >= 11 is 0. The standard InChI is InChI=1S/C22H25N7O4S/c1-13(2)33-18-9-20(24-11-17(18)26-22(30)14-3-4-14)27-19-7-8-23-21(28-19)15-10-25-29(12-15)34(31,32)16-5-6-16/h7-14,16H,3-6H2,1-2H3,(H,26,30)(H,23,24,27,28). The largest absolute Gasteiger partial charge is 0.489 e. The molecule has 11 nitrogen and oxygen atoms in total. The van der Waals surface area contributed by atoms with Crippen molar-refractivity contribution in [1.29, 1.82) is 0 Å². The third-order valence-corrected chi connectivity index (χ3v) is 7.41. The van der Waals surface area contributed by atoms with E-state index in [-0.39, 0.29) is 23.2 Å². The molecule has 2 aliphatic rings. The van der Waals surface area contributed by atoms with E-state index in [1.165, 1.54) is 12.4 Å². The number of aromatic nitrogens is 5. The van der Waals surface area contributed by atoms with E-state index in [0.29, 0.717) is 47.3 Å². The number of anilines is 3. The van der Waals surface area contributed by atoms with Crippen LogP contribution in [-0.2, 0) is 14.8 Å². The van der Waals surface area contributed by atoms with Gasteiger partial charge in [0.05, 0.1) is 35.5 Å². The Hall–Kier alpha value is -3.54. The Bertz CT molecular complexity index is 1330. The molecule has 0 bridgehead atoms. The maximum absolute atomic E-state index is 12.4. The van der Waals surface area contributed by atoms with Crippen molar-refractivity contribution < 1.29 is 17.9 Å². The Morgan fingerprint density at radius 2 is 1.94 bits per heavy atom. The molecule has 2 aliphatic carbocycles. The molecule has 3 aromatic heterocycles. The fourth-order valence-electron chi connectivity index (χ4n) is 3.31. The lowest BCUT2D eigenvalue weighted by Crippen LogP contribution is -2.17. The first-order valence-electron chi connectivity index (χ1n) is 11.2. The van der Waals surface area contributed by atoms with Gasteiger partial charge in [-0.3, -0.25) is 4.79 Å². The van der Waals surface area contributed by atoms with E-state index in [1.54, 1.807) is 24.5 Å². The van der Waals surface area contributed by atoms with Crippen LogP contribution in [0.25, 0.3) is 11.4 Å².